The van der Waals surface area contributed by atoms with E-state index in [2.05, 4.69) is 12.1 Å². The van der Waals surface area contributed by atoms with E-state index in [1.54, 1.807) is 7.11 Å². The zero-order valence-electron chi connectivity index (χ0n) is 15.1. The first-order chi connectivity index (χ1) is 13.3. The minimum Gasteiger partial charge on any atom is -0.496 e. The second-order valence-corrected chi connectivity index (χ2v) is 6.43. The lowest BCUT2D eigenvalue weighted by Gasteiger charge is -2.24. The van der Waals surface area contributed by atoms with Crippen LogP contribution in [-0.2, 0) is 0 Å². The first-order valence-corrected chi connectivity index (χ1v) is 8.90. The molecule has 0 saturated carbocycles. The Morgan fingerprint density at radius 1 is 0.963 bits per heavy atom. The van der Waals surface area contributed by atoms with E-state index < -0.39 is 0 Å². The summed E-state index contributed by atoms with van der Waals surface area (Å²) in [5.74, 6) is 0.821. The van der Waals surface area contributed by atoms with Crippen molar-refractivity contribution >= 4 is 17.7 Å². The summed E-state index contributed by atoms with van der Waals surface area (Å²) in [6.45, 7) is 0. The van der Waals surface area contributed by atoms with Crippen LogP contribution < -0.4 is 9.75 Å². The molecule has 0 fully saturated rings. The molecule has 4 nitrogen and oxygen atoms in total. The summed E-state index contributed by atoms with van der Waals surface area (Å²) in [7, 11) is 1.68. The largest absolute Gasteiger partial charge is 0.496 e. The number of aldehydes is 1. The molecule has 3 aromatic rings. The smallest absolute Gasteiger partial charge is 0.150 e. The number of nitrogens with zero attached hydrogens (tertiary/aromatic N) is 2. The molecule has 0 radical (unpaired) electrons. The molecule has 1 heterocycles. The van der Waals surface area contributed by atoms with Crippen molar-refractivity contribution in [3.8, 4) is 5.75 Å². The highest BCUT2D eigenvalue weighted by atomic mass is 16.5. The van der Waals surface area contributed by atoms with Gasteiger partial charge in [-0.15, -0.1) is 0 Å². The zero-order chi connectivity index (χ0) is 18.6. The first-order valence-electron chi connectivity index (χ1n) is 8.90. The van der Waals surface area contributed by atoms with Crippen LogP contribution >= 0.6 is 0 Å². The summed E-state index contributed by atoms with van der Waals surface area (Å²) in [4.78, 5) is 11.0. The summed E-state index contributed by atoms with van der Waals surface area (Å²) in [6.07, 6.45) is 1.63. The number of rotatable bonds is 5. The molecule has 4 heteroatoms. The zero-order valence-corrected chi connectivity index (χ0v) is 15.1. The molecular formula is C23H20N2O2. The van der Waals surface area contributed by atoms with E-state index in [0.29, 0.717) is 5.56 Å². The minimum absolute atomic E-state index is 0.0909. The quantitative estimate of drug-likeness (QED) is 0.613. The van der Waals surface area contributed by atoms with E-state index in [9.17, 15) is 4.79 Å². The average molecular weight is 356 g/mol. The van der Waals surface area contributed by atoms with Gasteiger partial charge < -0.3 is 4.74 Å². The molecule has 0 bridgehead atoms. The number of hydrogen-bond donors (Lipinski definition) is 0. The average Bonchev–Trinajstić information content (AvgIpc) is 3.19. The number of methoxy groups -OCH3 is 1. The Morgan fingerprint density at radius 3 is 2.37 bits per heavy atom. The summed E-state index contributed by atoms with van der Waals surface area (Å²) < 4.78 is 5.53. The number of carbonyl (C=O) groups is 1. The van der Waals surface area contributed by atoms with Crippen LogP contribution in [0.2, 0.25) is 0 Å². The molecule has 0 amide bonds. The molecule has 4 rings (SSSR count). The lowest BCUT2D eigenvalue weighted by Crippen LogP contribution is -2.18. The number of benzene rings is 3. The van der Waals surface area contributed by atoms with Crippen molar-refractivity contribution in [3.63, 3.8) is 0 Å². The third kappa shape index (κ3) is 3.34. The van der Waals surface area contributed by atoms with Crippen molar-refractivity contribution in [3.05, 3.63) is 95.6 Å². The van der Waals surface area contributed by atoms with Crippen molar-refractivity contribution in [2.75, 3.05) is 12.1 Å². The third-order valence-electron chi connectivity index (χ3n) is 4.81. The molecule has 27 heavy (non-hydrogen) atoms. The summed E-state index contributed by atoms with van der Waals surface area (Å²) in [6, 6.07) is 25.9. The van der Waals surface area contributed by atoms with Gasteiger partial charge in [-0.2, -0.15) is 5.10 Å². The lowest BCUT2D eigenvalue weighted by molar-refractivity contribution is 0.112. The Hall–Kier alpha value is -3.40. The molecule has 1 aliphatic heterocycles. The Balaban J connectivity index is 1.77. The standard InChI is InChI=1S/C23H20N2O2/c1-27-23-10-6-5-9-20(23)21-15-22(18-7-3-2-4-8-18)25(24-21)19-13-11-17(16-26)12-14-19/h2-14,16,22H,15H2,1H3. The van der Waals surface area contributed by atoms with E-state index in [-0.39, 0.29) is 6.04 Å². The molecule has 0 spiro atoms. The third-order valence-corrected chi connectivity index (χ3v) is 4.81. The topological polar surface area (TPSA) is 41.9 Å². The number of ether oxygens (including phenoxy) is 1. The van der Waals surface area contributed by atoms with Crippen molar-refractivity contribution in [1.29, 1.82) is 0 Å². The maximum Gasteiger partial charge on any atom is 0.150 e. The predicted octanol–water partition coefficient (Wildman–Crippen LogP) is 4.86. The Bertz CT molecular complexity index is 965. The maximum absolute atomic E-state index is 11.0. The van der Waals surface area contributed by atoms with Crippen molar-refractivity contribution in [2.24, 2.45) is 5.10 Å². The second kappa shape index (κ2) is 7.46. The molecule has 0 saturated heterocycles. The van der Waals surface area contributed by atoms with Gasteiger partial charge in [0.1, 0.15) is 12.0 Å². The van der Waals surface area contributed by atoms with Crippen LogP contribution in [0.4, 0.5) is 5.69 Å². The molecule has 0 aromatic heterocycles. The van der Waals surface area contributed by atoms with Gasteiger partial charge in [0.15, 0.2) is 0 Å². The van der Waals surface area contributed by atoms with Crippen LogP contribution in [0.3, 0.4) is 0 Å². The first kappa shape index (κ1) is 17.0. The van der Waals surface area contributed by atoms with Crippen LogP contribution in [0.1, 0.15) is 33.9 Å². The van der Waals surface area contributed by atoms with Crippen LogP contribution in [0, 0.1) is 0 Å². The van der Waals surface area contributed by atoms with Gasteiger partial charge in [-0.3, -0.25) is 9.80 Å². The molecule has 0 aliphatic carbocycles. The molecular weight excluding hydrogens is 336 g/mol. The van der Waals surface area contributed by atoms with E-state index in [1.807, 2.05) is 71.7 Å². The Labute approximate surface area is 158 Å². The van der Waals surface area contributed by atoms with Gasteiger partial charge in [-0.05, 0) is 42.0 Å². The Morgan fingerprint density at radius 2 is 1.67 bits per heavy atom. The monoisotopic (exact) mass is 356 g/mol. The fraction of sp³-hybridized carbons (Fsp3) is 0.130. The van der Waals surface area contributed by atoms with Gasteiger partial charge in [0.05, 0.1) is 24.6 Å². The molecule has 1 aliphatic rings. The molecule has 1 unspecified atom stereocenters. The molecule has 1 atom stereocenters. The van der Waals surface area contributed by atoms with Gasteiger partial charge in [0.25, 0.3) is 0 Å². The second-order valence-electron chi connectivity index (χ2n) is 6.43. The van der Waals surface area contributed by atoms with Crippen LogP contribution in [0.15, 0.2) is 84.0 Å². The van der Waals surface area contributed by atoms with Gasteiger partial charge >= 0.3 is 0 Å². The van der Waals surface area contributed by atoms with Gasteiger partial charge in [0, 0.05) is 17.5 Å². The van der Waals surface area contributed by atoms with Crippen molar-refractivity contribution in [1.82, 2.24) is 0 Å². The number of hydrazone groups is 1. The molecule has 0 N–H and O–H groups in total. The SMILES string of the molecule is COc1ccccc1C1=NN(c2ccc(C=O)cc2)C(c2ccccc2)C1. The summed E-state index contributed by atoms with van der Waals surface area (Å²) in [5, 5.41) is 6.97. The van der Waals surface area contributed by atoms with E-state index in [0.717, 1.165) is 35.4 Å². The number of hydrogen-bond acceptors (Lipinski definition) is 4. The van der Waals surface area contributed by atoms with Gasteiger partial charge in [0.2, 0.25) is 0 Å². The number of anilines is 1. The van der Waals surface area contributed by atoms with E-state index in [1.165, 1.54) is 5.56 Å². The van der Waals surface area contributed by atoms with Crippen LogP contribution in [-0.4, -0.2) is 19.1 Å². The molecule has 3 aromatic carbocycles. The molecule has 134 valence electrons. The van der Waals surface area contributed by atoms with Crippen LogP contribution in [0.25, 0.3) is 0 Å². The fourth-order valence-corrected chi connectivity index (χ4v) is 3.43. The maximum atomic E-state index is 11.0. The van der Waals surface area contributed by atoms with Gasteiger partial charge in [-0.25, -0.2) is 0 Å². The highest BCUT2D eigenvalue weighted by molar-refractivity contribution is 6.05. The van der Waals surface area contributed by atoms with Gasteiger partial charge in [-0.1, -0.05) is 42.5 Å². The lowest BCUT2D eigenvalue weighted by atomic mass is 9.97. The van der Waals surface area contributed by atoms with Crippen LogP contribution in [0.5, 0.6) is 5.75 Å². The van der Waals surface area contributed by atoms with Crippen molar-refractivity contribution in [2.45, 2.75) is 12.5 Å². The highest BCUT2D eigenvalue weighted by Crippen LogP contribution is 2.38. The highest BCUT2D eigenvalue weighted by Gasteiger charge is 2.30. The van der Waals surface area contributed by atoms with Crippen molar-refractivity contribution < 1.29 is 9.53 Å². The summed E-state index contributed by atoms with van der Waals surface area (Å²) in [5.41, 5.74) is 4.81. The normalized spacial score (nSPS) is 16.1. The summed E-state index contributed by atoms with van der Waals surface area (Å²) >= 11 is 0. The predicted molar refractivity (Wildman–Crippen MR) is 108 cm³/mol. The number of para-hydroxylation sites is 1. The minimum atomic E-state index is 0.0909. The van der Waals surface area contributed by atoms with E-state index in [4.69, 9.17) is 9.84 Å². The van der Waals surface area contributed by atoms with E-state index >= 15 is 0 Å². The fourth-order valence-electron chi connectivity index (χ4n) is 3.43. The number of carbonyl (C=O) groups excluding carboxylic acids is 1. The Kier molecular flexibility index (Phi) is 4.71.